The minimum Gasteiger partial charge on any atom is -0.384 e. The van der Waals surface area contributed by atoms with Crippen LogP contribution < -0.4 is 11.1 Å². The molecule has 3 N–H and O–H groups in total. The third-order valence-electron chi connectivity index (χ3n) is 5.87. The number of carbonyl (C=O) groups excluding carboxylic acids is 2. The Labute approximate surface area is 182 Å². The van der Waals surface area contributed by atoms with Crippen molar-refractivity contribution in [1.29, 1.82) is 0 Å². The zero-order chi connectivity index (χ0) is 22.2. The minimum atomic E-state index is -0.466. The number of fused-ring (bicyclic) bond motifs is 1. The highest BCUT2D eigenvalue weighted by Gasteiger charge is 2.34. The fourth-order valence-electron chi connectivity index (χ4n) is 4.45. The molecule has 1 amide bonds. The summed E-state index contributed by atoms with van der Waals surface area (Å²) >= 11 is 0. The molecule has 1 aliphatic rings. The second-order valence-electron chi connectivity index (χ2n) is 9.10. The molecule has 4 rings (SSSR count). The topological polar surface area (TPSA) is 94.9 Å². The molecule has 0 spiro atoms. The molecule has 7 heteroatoms. The van der Waals surface area contributed by atoms with E-state index in [1.165, 1.54) is 0 Å². The average Bonchev–Trinajstić information content (AvgIpc) is 3.31. The van der Waals surface area contributed by atoms with Crippen molar-refractivity contribution in [1.82, 2.24) is 14.1 Å². The quantitative estimate of drug-likeness (QED) is 0.570. The van der Waals surface area contributed by atoms with Gasteiger partial charge in [-0.25, -0.2) is 4.98 Å². The standard InChI is InChI=1S/C24H29N5O2/c1-16-11-19-21(13-24(2,3)14-22(19)30)29(16)17-5-6-18(23(25)31)20(12-17)27-7-4-9-28-10-8-26-15-28/h5-6,8,10-12,15,27H,4,7,9,13-14H2,1-3H3,(H2,25,31). The number of aromatic nitrogens is 3. The van der Waals surface area contributed by atoms with E-state index in [2.05, 4.69) is 28.7 Å². The van der Waals surface area contributed by atoms with Crippen LogP contribution in [0.5, 0.6) is 0 Å². The summed E-state index contributed by atoms with van der Waals surface area (Å²) < 4.78 is 4.15. The van der Waals surface area contributed by atoms with Crippen LogP contribution in [0.1, 0.15) is 58.8 Å². The lowest BCUT2D eigenvalue weighted by molar-refractivity contribution is 0.0910. The van der Waals surface area contributed by atoms with Gasteiger partial charge in [-0.05, 0) is 49.4 Å². The van der Waals surface area contributed by atoms with Gasteiger partial charge in [-0.1, -0.05) is 13.8 Å². The van der Waals surface area contributed by atoms with Crippen molar-refractivity contribution in [3.05, 3.63) is 65.5 Å². The predicted octanol–water partition coefficient (Wildman–Crippen LogP) is 3.74. The van der Waals surface area contributed by atoms with Gasteiger partial charge in [0.2, 0.25) is 0 Å². The van der Waals surface area contributed by atoms with Crippen LogP contribution in [0, 0.1) is 12.3 Å². The van der Waals surface area contributed by atoms with Gasteiger partial charge in [-0.3, -0.25) is 9.59 Å². The number of nitrogens with one attached hydrogen (secondary N) is 1. The summed E-state index contributed by atoms with van der Waals surface area (Å²) in [7, 11) is 0. The lowest BCUT2D eigenvalue weighted by atomic mass is 9.76. The van der Waals surface area contributed by atoms with Crippen LogP contribution in [0.2, 0.25) is 0 Å². The molecule has 0 atom stereocenters. The van der Waals surface area contributed by atoms with E-state index in [4.69, 9.17) is 5.73 Å². The number of primary amides is 1. The summed E-state index contributed by atoms with van der Waals surface area (Å²) in [6.07, 6.45) is 7.74. The molecule has 0 unspecified atom stereocenters. The number of Topliss-reactive ketones (excluding diaryl/α,β-unsaturated/α-hetero) is 1. The summed E-state index contributed by atoms with van der Waals surface area (Å²) in [5, 5.41) is 3.37. The largest absolute Gasteiger partial charge is 0.384 e. The maximum Gasteiger partial charge on any atom is 0.250 e. The van der Waals surface area contributed by atoms with Crippen molar-refractivity contribution in [2.24, 2.45) is 11.1 Å². The molecule has 0 aliphatic heterocycles. The summed E-state index contributed by atoms with van der Waals surface area (Å²) in [5.41, 5.74) is 10.5. The van der Waals surface area contributed by atoms with Crippen molar-refractivity contribution in [3.63, 3.8) is 0 Å². The van der Waals surface area contributed by atoms with E-state index in [0.717, 1.165) is 42.0 Å². The molecule has 0 fully saturated rings. The molecule has 1 aromatic carbocycles. The number of benzene rings is 1. The van der Waals surface area contributed by atoms with Crippen LogP contribution in [0.15, 0.2) is 43.0 Å². The molecule has 1 aliphatic carbocycles. The maximum absolute atomic E-state index is 12.7. The molecule has 2 heterocycles. The van der Waals surface area contributed by atoms with E-state index in [1.54, 1.807) is 18.6 Å². The first kappa shape index (κ1) is 20.9. The van der Waals surface area contributed by atoms with Crippen LogP contribution in [0.4, 0.5) is 5.69 Å². The van der Waals surface area contributed by atoms with Gasteiger partial charge in [0.1, 0.15) is 0 Å². The number of imidazole rings is 1. The van der Waals surface area contributed by atoms with Crippen molar-refractivity contribution in [2.75, 3.05) is 11.9 Å². The second kappa shape index (κ2) is 8.06. The monoisotopic (exact) mass is 419 g/mol. The average molecular weight is 420 g/mol. The number of nitrogens with two attached hydrogens (primary N) is 1. The van der Waals surface area contributed by atoms with E-state index in [1.807, 2.05) is 35.9 Å². The van der Waals surface area contributed by atoms with E-state index < -0.39 is 5.91 Å². The van der Waals surface area contributed by atoms with Crippen molar-refractivity contribution in [2.45, 2.75) is 46.6 Å². The van der Waals surface area contributed by atoms with Gasteiger partial charge < -0.3 is 20.2 Å². The van der Waals surface area contributed by atoms with E-state index >= 15 is 0 Å². The van der Waals surface area contributed by atoms with Crippen LogP contribution in [-0.4, -0.2) is 32.4 Å². The molecular formula is C24H29N5O2. The number of carbonyl (C=O) groups is 2. The highest BCUT2D eigenvalue weighted by molar-refractivity contribution is 6.00. The van der Waals surface area contributed by atoms with Gasteiger partial charge in [0, 0.05) is 60.2 Å². The van der Waals surface area contributed by atoms with E-state index in [9.17, 15) is 9.59 Å². The molecule has 0 saturated carbocycles. The number of aryl methyl sites for hydroxylation is 2. The molecule has 0 saturated heterocycles. The number of amides is 1. The zero-order valence-electron chi connectivity index (χ0n) is 18.3. The summed E-state index contributed by atoms with van der Waals surface area (Å²) in [4.78, 5) is 28.7. The highest BCUT2D eigenvalue weighted by Crippen LogP contribution is 2.38. The number of hydrogen-bond donors (Lipinski definition) is 2. The lowest BCUT2D eigenvalue weighted by Crippen LogP contribution is -2.27. The number of anilines is 1. The Balaban J connectivity index is 1.63. The molecule has 162 valence electrons. The first-order valence-corrected chi connectivity index (χ1v) is 10.6. The van der Waals surface area contributed by atoms with Crippen LogP contribution in [-0.2, 0) is 13.0 Å². The van der Waals surface area contributed by atoms with Gasteiger partial charge in [0.05, 0.1) is 11.9 Å². The van der Waals surface area contributed by atoms with E-state index in [0.29, 0.717) is 24.2 Å². The molecule has 7 nitrogen and oxygen atoms in total. The van der Waals surface area contributed by atoms with Crippen molar-refractivity contribution in [3.8, 4) is 5.69 Å². The predicted molar refractivity (Wildman–Crippen MR) is 121 cm³/mol. The molecule has 3 aromatic rings. The lowest BCUT2D eigenvalue weighted by Gasteiger charge is -2.30. The third kappa shape index (κ3) is 4.26. The number of hydrogen-bond acceptors (Lipinski definition) is 4. The van der Waals surface area contributed by atoms with Crippen molar-refractivity contribution >= 4 is 17.4 Å². The Hall–Kier alpha value is -3.35. The smallest absolute Gasteiger partial charge is 0.250 e. The van der Waals surface area contributed by atoms with Crippen molar-refractivity contribution < 1.29 is 9.59 Å². The molecule has 2 aromatic heterocycles. The van der Waals surface area contributed by atoms with Crippen LogP contribution >= 0.6 is 0 Å². The molecule has 31 heavy (non-hydrogen) atoms. The Bertz CT molecular complexity index is 1130. The van der Waals surface area contributed by atoms with Crippen LogP contribution in [0.25, 0.3) is 5.69 Å². The molecule has 0 bridgehead atoms. The molecular weight excluding hydrogens is 390 g/mol. The van der Waals surface area contributed by atoms with Gasteiger partial charge in [-0.2, -0.15) is 0 Å². The van der Waals surface area contributed by atoms with E-state index in [-0.39, 0.29) is 11.2 Å². The highest BCUT2D eigenvalue weighted by atomic mass is 16.1. The summed E-state index contributed by atoms with van der Waals surface area (Å²) in [5.74, 6) is -0.272. The maximum atomic E-state index is 12.7. The fourth-order valence-corrected chi connectivity index (χ4v) is 4.45. The van der Waals surface area contributed by atoms with Gasteiger partial charge >= 0.3 is 0 Å². The second-order valence-corrected chi connectivity index (χ2v) is 9.10. The summed E-state index contributed by atoms with van der Waals surface area (Å²) in [6.45, 7) is 7.79. The first-order chi connectivity index (χ1) is 14.7. The van der Waals surface area contributed by atoms with Crippen LogP contribution in [0.3, 0.4) is 0 Å². The molecule has 0 radical (unpaired) electrons. The number of rotatable bonds is 7. The number of ketones is 1. The number of nitrogens with zero attached hydrogens (tertiary/aromatic N) is 3. The fraction of sp³-hybridized carbons (Fsp3) is 0.375. The first-order valence-electron chi connectivity index (χ1n) is 10.6. The minimum absolute atomic E-state index is 0.0752. The Morgan fingerprint density at radius 2 is 2.06 bits per heavy atom. The summed E-state index contributed by atoms with van der Waals surface area (Å²) in [6, 6.07) is 7.59. The van der Waals surface area contributed by atoms with Gasteiger partial charge in [0.15, 0.2) is 5.78 Å². The van der Waals surface area contributed by atoms with Gasteiger partial charge in [-0.15, -0.1) is 0 Å². The Kier molecular flexibility index (Phi) is 5.43. The SMILES string of the molecule is Cc1cc2c(n1-c1ccc(C(N)=O)c(NCCCn3ccnc3)c1)CC(C)(C)CC2=O. The Morgan fingerprint density at radius 1 is 1.26 bits per heavy atom. The third-order valence-corrected chi connectivity index (χ3v) is 5.87. The zero-order valence-corrected chi connectivity index (χ0v) is 18.3. The normalized spacial score (nSPS) is 15.0. The van der Waals surface area contributed by atoms with Gasteiger partial charge in [0.25, 0.3) is 5.91 Å². The Morgan fingerprint density at radius 3 is 2.77 bits per heavy atom.